The average molecular weight is 299 g/mol. The number of ether oxygens (including phenoxy) is 1. The molecule has 0 heterocycles. The van der Waals surface area contributed by atoms with Gasteiger partial charge in [-0.1, -0.05) is 45.0 Å². The van der Waals surface area contributed by atoms with Crippen LogP contribution in [0.1, 0.15) is 44.4 Å². The van der Waals surface area contributed by atoms with Crippen molar-refractivity contribution in [3.05, 3.63) is 59.7 Å². The van der Waals surface area contributed by atoms with E-state index in [1.54, 1.807) is 0 Å². The summed E-state index contributed by atoms with van der Waals surface area (Å²) in [6.45, 7) is 6.65. The number of nitrogens with two attached hydrogens (primary N) is 1. The van der Waals surface area contributed by atoms with Crippen LogP contribution in [-0.4, -0.2) is 11.7 Å². The fraction of sp³-hybridized carbons (Fsp3) is 0.368. The van der Waals surface area contributed by atoms with Crippen LogP contribution in [0.5, 0.6) is 11.5 Å². The zero-order valence-corrected chi connectivity index (χ0v) is 13.5. The second kappa shape index (κ2) is 6.95. The van der Waals surface area contributed by atoms with Gasteiger partial charge in [-0.2, -0.15) is 0 Å². The first kappa shape index (κ1) is 16.5. The fourth-order valence-electron chi connectivity index (χ4n) is 2.27. The Morgan fingerprint density at radius 2 is 1.73 bits per heavy atom. The van der Waals surface area contributed by atoms with Crippen LogP contribution in [0.25, 0.3) is 0 Å². The largest absolute Gasteiger partial charge is 0.457 e. The lowest BCUT2D eigenvalue weighted by Gasteiger charge is -2.19. The van der Waals surface area contributed by atoms with Gasteiger partial charge in [-0.15, -0.1) is 0 Å². The maximum Gasteiger partial charge on any atom is 0.127 e. The molecule has 22 heavy (non-hydrogen) atoms. The van der Waals surface area contributed by atoms with E-state index in [1.807, 2.05) is 36.4 Å². The zero-order chi connectivity index (χ0) is 16.2. The molecule has 0 aliphatic rings. The molecule has 0 aliphatic carbocycles. The summed E-state index contributed by atoms with van der Waals surface area (Å²) in [5.41, 5.74) is 8.40. The van der Waals surface area contributed by atoms with Crippen molar-refractivity contribution in [1.29, 1.82) is 0 Å². The Morgan fingerprint density at radius 1 is 1.05 bits per heavy atom. The minimum atomic E-state index is -0.170. The highest BCUT2D eigenvalue weighted by atomic mass is 16.5. The molecule has 2 aromatic rings. The molecule has 0 amide bonds. The van der Waals surface area contributed by atoms with E-state index in [0.717, 1.165) is 17.1 Å². The number of rotatable bonds is 5. The summed E-state index contributed by atoms with van der Waals surface area (Å²) in [6, 6.07) is 15.7. The quantitative estimate of drug-likeness (QED) is 0.871. The Morgan fingerprint density at radius 3 is 2.32 bits per heavy atom. The van der Waals surface area contributed by atoms with Crippen LogP contribution in [-0.2, 0) is 5.41 Å². The van der Waals surface area contributed by atoms with Gasteiger partial charge in [0, 0.05) is 12.6 Å². The molecule has 0 saturated carbocycles. The first-order chi connectivity index (χ1) is 10.4. The van der Waals surface area contributed by atoms with Crippen LogP contribution in [0, 0.1) is 0 Å². The molecule has 0 aromatic heterocycles. The zero-order valence-electron chi connectivity index (χ0n) is 13.5. The Bertz CT molecular complexity index is 600. The van der Waals surface area contributed by atoms with Gasteiger partial charge in [0.2, 0.25) is 0 Å². The summed E-state index contributed by atoms with van der Waals surface area (Å²) in [5.74, 6) is 1.57. The molecule has 3 heteroatoms. The lowest BCUT2D eigenvalue weighted by molar-refractivity contribution is 0.276. The van der Waals surface area contributed by atoms with Gasteiger partial charge in [0.1, 0.15) is 11.5 Å². The van der Waals surface area contributed by atoms with Gasteiger partial charge < -0.3 is 15.6 Å². The predicted molar refractivity (Wildman–Crippen MR) is 90.3 cm³/mol. The summed E-state index contributed by atoms with van der Waals surface area (Å²) >= 11 is 0. The van der Waals surface area contributed by atoms with Crippen LogP contribution in [0.2, 0.25) is 0 Å². The summed E-state index contributed by atoms with van der Waals surface area (Å²) in [4.78, 5) is 0. The summed E-state index contributed by atoms with van der Waals surface area (Å²) in [7, 11) is 0. The summed E-state index contributed by atoms with van der Waals surface area (Å²) in [5, 5.41) is 8.98. The molecule has 3 N–H and O–H groups in total. The third kappa shape index (κ3) is 4.33. The van der Waals surface area contributed by atoms with E-state index in [0.29, 0.717) is 6.42 Å². The molecule has 2 rings (SSSR count). The molecule has 0 radical (unpaired) electrons. The Hall–Kier alpha value is -1.84. The number of benzene rings is 2. The minimum Gasteiger partial charge on any atom is -0.457 e. The lowest BCUT2D eigenvalue weighted by atomic mass is 9.87. The normalized spacial score (nSPS) is 13.0. The van der Waals surface area contributed by atoms with Crippen molar-refractivity contribution >= 4 is 0 Å². The van der Waals surface area contributed by atoms with Gasteiger partial charge in [0.25, 0.3) is 0 Å². The smallest absolute Gasteiger partial charge is 0.127 e. The Balaban J connectivity index is 2.12. The average Bonchev–Trinajstić information content (AvgIpc) is 2.47. The molecule has 0 aliphatic heterocycles. The van der Waals surface area contributed by atoms with Crippen molar-refractivity contribution in [1.82, 2.24) is 0 Å². The molecule has 2 aromatic carbocycles. The molecule has 1 unspecified atom stereocenters. The summed E-state index contributed by atoms with van der Waals surface area (Å²) in [6.07, 6.45) is 0.545. The van der Waals surface area contributed by atoms with Gasteiger partial charge >= 0.3 is 0 Å². The van der Waals surface area contributed by atoms with Crippen molar-refractivity contribution in [2.75, 3.05) is 6.61 Å². The van der Waals surface area contributed by atoms with Crippen LogP contribution >= 0.6 is 0 Å². The molecular formula is C19H25NO2. The molecular weight excluding hydrogens is 274 g/mol. The van der Waals surface area contributed by atoms with E-state index in [1.165, 1.54) is 5.56 Å². The van der Waals surface area contributed by atoms with E-state index in [9.17, 15) is 0 Å². The molecule has 0 fully saturated rings. The molecule has 0 spiro atoms. The van der Waals surface area contributed by atoms with E-state index in [-0.39, 0.29) is 18.1 Å². The van der Waals surface area contributed by atoms with E-state index < -0.39 is 0 Å². The number of hydrogen-bond donors (Lipinski definition) is 2. The molecule has 118 valence electrons. The Labute approximate surface area is 132 Å². The minimum absolute atomic E-state index is 0.0838. The lowest BCUT2D eigenvalue weighted by Crippen LogP contribution is -2.11. The SMILES string of the molecule is CC(C)(C)c1ccc(Oc2cccc(C(N)CCO)c2)cc1. The van der Waals surface area contributed by atoms with E-state index >= 15 is 0 Å². The van der Waals surface area contributed by atoms with Crippen LogP contribution < -0.4 is 10.5 Å². The van der Waals surface area contributed by atoms with Crippen molar-refractivity contribution in [2.45, 2.75) is 38.6 Å². The molecule has 0 bridgehead atoms. The predicted octanol–water partition coefficient (Wildman–Crippen LogP) is 4.16. The standard InChI is InChI=1S/C19H25NO2/c1-19(2,3)15-7-9-16(10-8-15)22-17-6-4-5-14(13-17)18(20)11-12-21/h4-10,13,18,21H,11-12,20H2,1-3H3. The van der Waals surface area contributed by atoms with Gasteiger partial charge in [-0.3, -0.25) is 0 Å². The highest BCUT2D eigenvalue weighted by Gasteiger charge is 2.13. The van der Waals surface area contributed by atoms with Crippen molar-refractivity contribution in [3.8, 4) is 11.5 Å². The van der Waals surface area contributed by atoms with Crippen LogP contribution in [0.15, 0.2) is 48.5 Å². The van der Waals surface area contributed by atoms with Crippen LogP contribution in [0.3, 0.4) is 0 Å². The van der Waals surface area contributed by atoms with Crippen molar-refractivity contribution in [2.24, 2.45) is 5.73 Å². The molecule has 0 saturated heterocycles. The second-order valence-corrected chi connectivity index (χ2v) is 6.57. The summed E-state index contributed by atoms with van der Waals surface area (Å²) < 4.78 is 5.90. The number of aliphatic hydroxyl groups is 1. The second-order valence-electron chi connectivity index (χ2n) is 6.57. The highest BCUT2D eigenvalue weighted by Crippen LogP contribution is 2.28. The monoisotopic (exact) mass is 299 g/mol. The molecule has 3 nitrogen and oxygen atoms in total. The maximum atomic E-state index is 8.98. The van der Waals surface area contributed by atoms with Gasteiger partial charge in [0.05, 0.1) is 0 Å². The first-order valence-electron chi connectivity index (χ1n) is 7.65. The third-order valence-electron chi connectivity index (χ3n) is 3.68. The first-order valence-corrected chi connectivity index (χ1v) is 7.65. The molecule has 1 atom stereocenters. The van der Waals surface area contributed by atoms with Crippen molar-refractivity contribution in [3.63, 3.8) is 0 Å². The van der Waals surface area contributed by atoms with Gasteiger partial charge in [-0.05, 0) is 47.2 Å². The Kier molecular flexibility index (Phi) is 5.22. The highest BCUT2D eigenvalue weighted by molar-refractivity contribution is 5.37. The maximum absolute atomic E-state index is 8.98. The van der Waals surface area contributed by atoms with E-state index in [4.69, 9.17) is 15.6 Å². The van der Waals surface area contributed by atoms with Gasteiger partial charge in [0.15, 0.2) is 0 Å². The van der Waals surface area contributed by atoms with Crippen molar-refractivity contribution < 1.29 is 9.84 Å². The third-order valence-corrected chi connectivity index (χ3v) is 3.68. The number of hydrogen-bond acceptors (Lipinski definition) is 3. The number of aliphatic hydroxyl groups excluding tert-OH is 1. The van der Waals surface area contributed by atoms with Crippen LogP contribution in [0.4, 0.5) is 0 Å². The fourth-order valence-corrected chi connectivity index (χ4v) is 2.27. The van der Waals surface area contributed by atoms with Gasteiger partial charge in [-0.25, -0.2) is 0 Å². The van der Waals surface area contributed by atoms with E-state index in [2.05, 4.69) is 32.9 Å². The topological polar surface area (TPSA) is 55.5 Å².